The van der Waals surface area contributed by atoms with Gasteiger partial charge in [0.05, 0.1) is 23.0 Å². The number of hydrogen-bond acceptors (Lipinski definition) is 4. The standard InChI is InChI=1S/C11H14N4/c12-3-5-15-6-4-14-10-7-9(8-13)1-2-11(10)15/h1-2,7,14H,3-6,12H2. The molecule has 1 aromatic carbocycles. The normalized spacial score (nSPS) is 14.0. The molecule has 1 heterocycles. The van der Waals surface area contributed by atoms with Crippen molar-refractivity contribution in [3.8, 4) is 6.07 Å². The highest BCUT2D eigenvalue weighted by molar-refractivity contribution is 5.73. The Morgan fingerprint density at radius 3 is 3.13 bits per heavy atom. The fraction of sp³-hybridized carbons (Fsp3) is 0.364. The van der Waals surface area contributed by atoms with E-state index in [0.717, 1.165) is 31.0 Å². The van der Waals surface area contributed by atoms with E-state index in [0.29, 0.717) is 12.1 Å². The minimum Gasteiger partial charge on any atom is -0.382 e. The van der Waals surface area contributed by atoms with Crippen LogP contribution in [0.5, 0.6) is 0 Å². The molecule has 0 bridgehead atoms. The summed E-state index contributed by atoms with van der Waals surface area (Å²) in [4.78, 5) is 2.24. The fourth-order valence-corrected chi connectivity index (χ4v) is 1.86. The van der Waals surface area contributed by atoms with E-state index >= 15 is 0 Å². The van der Waals surface area contributed by atoms with Gasteiger partial charge in [-0.15, -0.1) is 0 Å². The number of nitriles is 1. The lowest BCUT2D eigenvalue weighted by molar-refractivity contribution is 0.780. The average Bonchev–Trinajstić information content (AvgIpc) is 2.29. The third kappa shape index (κ3) is 1.88. The smallest absolute Gasteiger partial charge is 0.0992 e. The van der Waals surface area contributed by atoms with Crippen molar-refractivity contribution in [2.75, 3.05) is 36.4 Å². The van der Waals surface area contributed by atoms with E-state index in [-0.39, 0.29) is 0 Å². The molecule has 78 valence electrons. The molecule has 0 unspecified atom stereocenters. The zero-order chi connectivity index (χ0) is 10.7. The number of fused-ring (bicyclic) bond motifs is 1. The summed E-state index contributed by atoms with van der Waals surface area (Å²) in [6.07, 6.45) is 0. The van der Waals surface area contributed by atoms with Gasteiger partial charge < -0.3 is 16.0 Å². The predicted molar refractivity (Wildman–Crippen MR) is 60.9 cm³/mol. The number of hydrogen-bond donors (Lipinski definition) is 2. The molecule has 1 aliphatic rings. The molecule has 0 saturated heterocycles. The van der Waals surface area contributed by atoms with Crippen LogP contribution in [-0.4, -0.2) is 26.2 Å². The highest BCUT2D eigenvalue weighted by Crippen LogP contribution is 2.29. The molecule has 0 radical (unpaired) electrons. The van der Waals surface area contributed by atoms with E-state index < -0.39 is 0 Å². The molecule has 1 aliphatic heterocycles. The van der Waals surface area contributed by atoms with Gasteiger partial charge >= 0.3 is 0 Å². The van der Waals surface area contributed by atoms with Gasteiger partial charge in [-0.05, 0) is 18.2 Å². The van der Waals surface area contributed by atoms with Gasteiger partial charge in [0.1, 0.15) is 0 Å². The van der Waals surface area contributed by atoms with Crippen molar-refractivity contribution >= 4 is 11.4 Å². The summed E-state index contributed by atoms with van der Waals surface area (Å²) < 4.78 is 0. The van der Waals surface area contributed by atoms with Gasteiger partial charge in [-0.25, -0.2) is 0 Å². The summed E-state index contributed by atoms with van der Waals surface area (Å²) in [5.41, 5.74) is 8.43. The lowest BCUT2D eigenvalue weighted by atomic mass is 10.1. The Morgan fingerprint density at radius 2 is 2.40 bits per heavy atom. The van der Waals surface area contributed by atoms with Crippen LogP contribution in [0.1, 0.15) is 5.56 Å². The zero-order valence-corrected chi connectivity index (χ0v) is 8.53. The Hall–Kier alpha value is -1.73. The molecule has 0 amide bonds. The van der Waals surface area contributed by atoms with Crippen molar-refractivity contribution in [1.82, 2.24) is 0 Å². The monoisotopic (exact) mass is 202 g/mol. The first-order valence-electron chi connectivity index (χ1n) is 5.08. The minimum absolute atomic E-state index is 0.652. The number of nitrogens with zero attached hydrogens (tertiary/aromatic N) is 2. The van der Waals surface area contributed by atoms with Gasteiger partial charge in [0.2, 0.25) is 0 Å². The van der Waals surface area contributed by atoms with Crippen molar-refractivity contribution in [1.29, 1.82) is 5.26 Å². The maximum absolute atomic E-state index is 8.80. The first kappa shape index (κ1) is 9.81. The Morgan fingerprint density at radius 1 is 1.53 bits per heavy atom. The average molecular weight is 202 g/mol. The van der Waals surface area contributed by atoms with Crippen molar-refractivity contribution in [2.24, 2.45) is 5.73 Å². The van der Waals surface area contributed by atoms with Crippen molar-refractivity contribution < 1.29 is 0 Å². The number of nitrogens with two attached hydrogens (primary N) is 1. The predicted octanol–water partition coefficient (Wildman–Crippen LogP) is 0.749. The third-order valence-corrected chi connectivity index (χ3v) is 2.56. The molecule has 0 saturated carbocycles. The first-order chi connectivity index (χ1) is 7.35. The van der Waals surface area contributed by atoms with Crippen LogP contribution in [0, 0.1) is 11.3 Å². The third-order valence-electron chi connectivity index (χ3n) is 2.56. The van der Waals surface area contributed by atoms with E-state index in [9.17, 15) is 0 Å². The van der Waals surface area contributed by atoms with E-state index in [4.69, 9.17) is 11.0 Å². The second-order valence-corrected chi connectivity index (χ2v) is 3.55. The van der Waals surface area contributed by atoms with Crippen LogP contribution in [-0.2, 0) is 0 Å². The number of benzene rings is 1. The Balaban J connectivity index is 2.33. The molecule has 0 aromatic heterocycles. The summed E-state index contributed by atoms with van der Waals surface area (Å²) in [6.45, 7) is 3.39. The maximum Gasteiger partial charge on any atom is 0.0992 e. The molecule has 0 atom stereocenters. The number of anilines is 2. The lowest BCUT2D eigenvalue weighted by Crippen LogP contribution is -2.37. The molecule has 4 heteroatoms. The topological polar surface area (TPSA) is 65.1 Å². The molecular weight excluding hydrogens is 188 g/mol. The van der Waals surface area contributed by atoms with Gasteiger partial charge in [-0.3, -0.25) is 0 Å². The molecule has 2 rings (SSSR count). The Labute approximate surface area is 89.3 Å². The summed E-state index contributed by atoms with van der Waals surface area (Å²) in [5, 5.41) is 12.1. The van der Waals surface area contributed by atoms with E-state index in [1.54, 1.807) is 0 Å². The van der Waals surface area contributed by atoms with Gasteiger partial charge in [0.15, 0.2) is 0 Å². The van der Waals surface area contributed by atoms with Crippen molar-refractivity contribution in [3.05, 3.63) is 23.8 Å². The van der Waals surface area contributed by atoms with Gasteiger partial charge in [-0.2, -0.15) is 5.26 Å². The highest BCUT2D eigenvalue weighted by Gasteiger charge is 2.15. The highest BCUT2D eigenvalue weighted by atomic mass is 15.2. The largest absolute Gasteiger partial charge is 0.382 e. The molecule has 1 aromatic rings. The first-order valence-corrected chi connectivity index (χ1v) is 5.08. The van der Waals surface area contributed by atoms with Gasteiger partial charge in [0.25, 0.3) is 0 Å². The molecule has 15 heavy (non-hydrogen) atoms. The molecule has 3 N–H and O–H groups in total. The Kier molecular flexibility index (Phi) is 2.75. The van der Waals surface area contributed by atoms with E-state index in [1.165, 1.54) is 0 Å². The molecule has 0 fully saturated rings. The molecule has 0 aliphatic carbocycles. The van der Waals surface area contributed by atoms with E-state index in [1.807, 2.05) is 18.2 Å². The Bertz CT molecular complexity index is 394. The van der Waals surface area contributed by atoms with Crippen LogP contribution in [0.3, 0.4) is 0 Å². The van der Waals surface area contributed by atoms with Crippen LogP contribution in [0.2, 0.25) is 0 Å². The van der Waals surface area contributed by atoms with Gasteiger partial charge in [-0.1, -0.05) is 0 Å². The summed E-state index contributed by atoms with van der Waals surface area (Å²) >= 11 is 0. The van der Waals surface area contributed by atoms with Gasteiger partial charge in [0, 0.05) is 26.2 Å². The SMILES string of the molecule is N#Cc1ccc2c(c1)NCCN2CCN. The molecule has 4 nitrogen and oxygen atoms in total. The van der Waals surface area contributed by atoms with Crippen LogP contribution < -0.4 is 16.0 Å². The second kappa shape index (κ2) is 4.20. The minimum atomic E-state index is 0.652. The number of rotatable bonds is 2. The summed E-state index contributed by atoms with van der Waals surface area (Å²) in [7, 11) is 0. The lowest BCUT2D eigenvalue weighted by Gasteiger charge is -2.31. The van der Waals surface area contributed by atoms with Crippen LogP contribution in [0.15, 0.2) is 18.2 Å². The summed E-state index contributed by atoms with van der Waals surface area (Å²) in [5.74, 6) is 0. The van der Waals surface area contributed by atoms with Crippen molar-refractivity contribution in [2.45, 2.75) is 0 Å². The fourth-order valence-electron chi connectivity index (χ4n) is 1.86. The maximum atomic E-state index is 8.80. The zero-order valence-electron chi connectivity index (χ0n) is 8.53. The van der Waals surface area contributed by atoms with Crippen LogP contribution >= 0.6 is 0 Å². The van der Waals surface area contributed by atoms with Crippen LogP contribution in [0.4, 0.5) is 11.4 Å². The quantitative estimate of drug-likeness (QED) is 0.742. The van der Waals surface area contributed by atoms with E-state index in [2.05, 4.69) is 16.3 Å². The van der Waals surface area contributed by atoms with Crippen molar-refractivity contribution in [3.63, 3.8) is 0 Å². The number of nitrogens with one attached hydrogen (secondary N) is 1. The summed E-state index contributed by atoms with van der Waals surface area (Å²) in [6, 6.07) is 7.85. The molecule has 0 spiro atoms. The molecular formula is C11H14N4. The second-order valence-electron chi connectivity index (χ2n) is 3.55. The van der Waals surface area contributed by atoms with Crippen LogP contribution in [0.25, 0.3) is 0 Å².